The van der Waals surface area contributed by atoms with Crippen molar-refractivity contribution in [3.05, 3.63) is 35.5 Å². The Labute approximate surface area is 117 Å². The van der Waals surface area contributed by atoms with Crippen LogP contribution in [0.2, 0.25) is 0 Å². The molecule has 5 nitrogen and oxygen atoms in total. The SMILES string of the molecule is CCC1(O)c2[nH]c3ccccc3c2CCN1C(=O)NC. The lowest BCUT2D eigenvalue weighted by Crippen LogP contribution is -2.55. The Morgan fingerprint density at radius 1 is 1.50 bits per heavy atom. The fourth-order valence-corrected chi connectivity index (χ4v) is 3.12. The summed E-state index contributed by atoms with van der Waals surface area (Å²) in [4.78, 5) is 16.8. The molecule has 106 valence electrons. The summed E-state index contributed by atoms with van der Waals surface area (Å²) in [6.45, 7) is 2.40. The van der Waals surface area contributed by atoms with Gasteiger partial charge < -0.3 is 15.4 Å². The highest BCUT2D eigenvalue weighted by Crippen LogP contribution is 2.39. The highest BCUT2D eigenvalue weighted by atomic mass is 16.3. The summed E-state index contributed by atoms with van der Waals surface area (Å²) < 4.78 is 0. The number of amides is 2. The van der Waals surface area contributed by atoms with Crippen LogP contribution in [0.15, 0.2) is 24.3 Å². The van der Waals surface area contributed by atoms with E-state index in [-0.39, 0.29) is 6.03 Å². The average Bonchev–Trinajstić information content (AvgIpc) is 2.87. The van der Waals surface area contributed by atoms with Crippen molar-refractivity contribution >= 4 is 16.9 Å². The van der Waals surface area contributed by atoms with Gasteiger partial charge in [0.25, 0.3) is 0 Å². The first kappa shape index (κ1) is 13.0. The van der Waals surface area contributed by atoms with Crippen molar-refractivity contribution in [3.8, 4) is 0 Å². The number of benzene rings is 1. The van der Waals surface area contributed by atoms with E-state index in [9.17, 15) is 9.90 Å². The van der Waals surface area contributed by atoms with E-state index in [1.54, 1.807) is 7.05 Å². The van der Waals surface area contributed by atoms with Crippen molar-refractivity contribution in [2.75, 3.05) is 13.6 Å². The molecule has 1 unspecified atom stereocenters. The lowest BCUT2D eigenvalue weighted by molar-refractivity contribution is -0.101. The number of nitrogens with zero attached hydrogens (tertiary/aromatic N) is 1. The van der Waals surface area contributed by atoms with E-state index in [1.807, 2.05) is 25.1 Å². The molecular weight excluding hydrogens is 254 g/mol. The molecule has 0 saturated heterocycles. The summed E-state index contributed by atoms with van der Waals surface area (Å²) >= 11 is 0. The van der Waals surface area contributed by atoms with Gasteiger partial charge in [-0.3, -0.25) is 4.90 Å². The Balaban J connectivity index is 2.19. The molecule has 20 heavy (non-hydrogen) atoms. The Morgan fingerprint density at radius 2 is 2.25 bits per heavy atom. The number of aromatic nitrogens is 1. The van der Waals surface area contributed by atoms with Gasteiger partial charge in [0.1, 0.15) is 0 Å². The lowest BCUT2D eigenvalue weighted by atomic mass is 9.93. The maximum atomic E-state index is 12.0. The van der Waals surface area contributed by atoms with Crippen molar-refractivity contribution in [1.29, 1.82) is 0 Å². The molecule has 0 bridgehead atoms. The van der Waals surface area contributed by atoms with Crippen molar-refractivity contribution in [3.63, 3.8) is 0 Å². The Bertz CT molecular complexity index is 664. The molecular formula is C15H19N3O2. The van der Waals surface area contributed by atoms with Crippen LogP contribution < -0.4 is 5.32 Å². The van der Waals surface area contributed by atoms with Gasteiger partial charge in [0.2, 0.25) is 0 Å². The van der Waals surface area contributed by atoms with Crippen LogP contribution in [-0.4, -0.2) is 34.6 Å². The smallest absolute Gasteiger partial charge is 0.319 e. The molecule has 5 heteroatoms. The van der Waals surface area contributed by atoms with Gasteiger partial charge in [-0.25, -0.2) is 4.79 Å². The number of carbonyl (C=O) groups is 1. The van der Waals surface area contributed by atoms with Crippen molar-refractivity contribution < 1.29 is 9.90 Å². The van der Waals surface area contributed by atoms with Gasteiger partial charge in [-0.1, -0.05) is 25.1 Å². The van der Waals surface area contributed by atoms with E-state index in [4.69, 9.17) is 0 Å². The summed E-state index contributed by atoms with van der Waals surface area (Å²) in [5.41, 5.74) is 1.59. The quantitative estimate of drug-likeness (QED) is 0.743. The van der Waals surface area contributed by atoms with Crippen LogP contribution in [0.25, 0.3) is 10.9 Å². The zero-order valence-electron chi connectivity index (χ0n) is 11.7. The van der Waals surface area contributed by atoms with Gasteiger partial charge in [-0.2, -0.15) is 0 Å². The minimum Gasteiger partial charge on any atom is -0.365 e. The molecule has 0 saturated carbocycles. The zero-order valence-corrected chi connectivity index (χ0v) is 11.7. The van der Waals surface area contributed by atoms with Crippen molar-refractivity contribution in [1.82, 2.24) is 15.2 Å². The Hall–Kier alpha value is -2.01. The summed E-state index contributed by atoms with van der Waals surface area (Å²) in [5, 5.41) is 14.8. The van der Waals surface area contributed by atoms with Crippen LogP contribution >= 0.6 is 0 Å². The fourth-order valence-electron chi connectivity index (χ4n) is 3.12. The average molecular weight is 273 g/mol. The second-order valence-electron chi connectivity index (χ2n) is 5.15. The second-order valence-corrected chi connectivity index (χ2v) is 5.15. The first-order chi connectivity index (χ1) is 9.61. The summed E-state index contributed by atoms with van der Waals surface area (Å²) in [6.07, 6.45) is 1.19. The van der Waals surface area contributed by atoms with Gasteiger partial charge in [-0.15, -0.1) is 0 Å². The first-order valence-electron chi connectivity index (χ1n) is 6.93. The fraction of sp³-hybridized carbons (Fsp3) is 0.400. The molecule has 0 fully saturated rings. The molecule has 0 radical (unpaired) electrons. The number of hydrogen-bond acceptors (Lipinski definition) is 2. The largest absolute Gasteiger partial charge is 0.365 e. The monoisotopic (exact) mass is 273 g/mol. The van der Waals surface area contributed by atoms with Crippen LogP contribution in [0.3, 0.4) is 0 Å². The zero-order chi connectivity index (χ0) is 14.3. The predicted molar refractivity (Wildman–Crippen MR) is 77.4 cm³/mol. The van der Waals surface area contributed by atoms with Crippen molar-refractivity contribution in [2.24, 2.45) is 0 Å². The van der Waals surface area contributed by atoms with Crippen molar-refractivity contribution in [2.45, 2.75) is 25.5 Å². The molecule has 1 atom stereocenters. The summed E-state index contributed by atoms with van der Waals surface area (Å²) in [7, 11) is 1.58. The minimum absolute atomic E-state index is 0.251. The maximum absolute atomic E-state index is 12.0. The van der Waals surface area contributed by atoms with Gasteiger partial charge in [0.05, 0.1) is 5.69 Å². The molecule has 1 aliphatic heterocycles. The topological polar surface area (TPSA) is 68.4 Å². The van der Waals surface area contributed by atoms with Crippen LogP contribution in [0.4, 0.5) is 4.79 Å². The summed E-state index contributed by atoms with van der Waals surface area (Å²) in [5.74, 6) is 0. The first-order valence-corrected chi connectivity index (χ1v) is 6.93. The van der Waals surface area contributed by atoms with E-state index in [0.717, 1.165) is 28.6 Å². The molecule has 2 heterocycles. The van der Waals surface area contributed by atoms with Crippen LogP contribution in [0.5, 0.6) is 0 Å². The number of nitrogens with one attached hydrogen (secondary N) is 2. The second kappa shape index (κ2) is 4.52. The number of para-hydroxylation sites is 1. The molecule has 2 amide bonds. The standard InChI is InChI=1S/C15H19N3O2/c1-3-15(20)13-11(8-9-18(15)14(19)16-2)10-6-4-5-7-12(10)17-13/h4-7,17,20H,3,8-9H2,1-2H3,(H,16,19). The summed E-state index contributed by atoms with van der Waals surface area (Å²) in [6, 6.07) is 7.75. The third-order valence-corrected chi connectivity index (χ3v) is 4.20. The maximum Gasteiger partial charge on any atom is 0.319 e. The Morgan fingerprint density at radius 3 is 2.95 bits per heavy atom. The van der Waals surface area contributed by atoms with Gasteiger partial charge in [0.15, 0.2) is 5.72 Å². The third kappa shape index (κ3) is 1.63. The van der Waals surface area contributed by atoms with Gasteiger partial charge >= 0.3 is 6.03 Å². The van der Waals surface area contributed by atoms with E-state index in [1.165, 1.54) is 4.90 Å². The molecule has 1 aromatic carbocycles. The normalized spacial score (nSPS) is 21.9. The van der Waals surface area contributed by atoms with Gasteiger partial charge in [-0.05, 0) is 24.5 Å². The number of urea groups is 1. The molecule has 1 aliphatic rings. The van der Waals surface area contributed by atoms with E-state index >= 15 is 0 Å². The van der Waals surface area contributed by atoms with Crippen LogP contribution in [-0.2, 0) is 12.1 Å². The molecule has 0 spiro atoms. The number of fused-ring (bicyclic) bond motifs is 3. The predicted octanol–water partition coefficient (Wildman–Crippen LogP) is 1.92. The molecule has 3 rings (SSSR count). The van der Waals surface area contributed by atoms with Crippen LogP contribution in [0.1, 0.15) is 24.6 Å². The number of aliphatic hydroxyl groups is 1. The number of H-pyrrole nitrogens is 1. The van der Waals surface area contributed by atoms with E-state index in [2.05, 4.69) is 16.4 Å². The van der Waals surface area contributed by atoms with E-state index in [0.29, 0.717) is 13.0 Å². The number of aromatic amines is 1. The number of carbonyl (C=O) groups excluding carboxylic acids is 1. The number of hydrogen-bond donors (Lipinski definition) is 3. The molecule has 3 N–H and O–H groups in total. The third-order valence-electron chi connectivity index (χ3n) is 4.20. The highest BCUT2D eigenvalue weighted by Gasteiger charge is 2.44. The van der Waals surface area contributed by atoms with Gasteiger partial charge in [0, 0.05) is 24.5 Å². The highest BCUT2D eigenvalue weighted by molar-refractivity contribution is 5.86. The van der Waals surface area contributed by atoms with E-state index < -0.39 is 5.72 Å². The molecule has 1 aromatic heterocycles. The van der Waals surface area contributed by atoms with Crippen LogP contribution in [0, 0.1) is 0 Å². The Kier molecular flexibility index (Phi) is 2.94. The number of rotatable bonds is 1. The molecule has 2 aromatic rings. The minimum atomic E-state index is -1.27. The molecule has 0 aliphatic carbocycles. The lowest BCUT2D eigenvalue weighted by Gasteiger charge is -2.42.